The maximum absolute atomic E-state index is 3.84. The van der Waals surface area contributed by atoms with Crippen molar-refractivity contribution < 1.29 is 30.5 Å². The van der Waals surface area contributed by atoms with Crippen LogP contribution < -0.4 is 35.0 Å². The van der Waals surface area contributed by atoms with E-state index in [0.29, 0.717) is 0 Å². The molecule has 1 rings (SSSR count). The predicted octanol–water partition coefficient (Wildman–Crippen LogP) is -5.24. The van der Waals surface area contributed by atoms with E-state index in [1.165, 1.54) is 5.69 Å². The molecule has 0 aliphatic rings. The lowest BCUT2D eigenvalue weighted by atomic mass is 10.2. The number of hydrogen-bond donors (Lipinski definition) is 1. The van der Waals surface area contributed by atoms with Gasteiger partial charge in [-0.1, -0.05) is 0 Å². The van der Waals surface area contributed by atoms with Gasteiger partial charge < -0.3 is 30.5 Å². The summed E-state index contributed by atoms with van der Waals surface area (Å²) < 4.78 is 0.861. The molecular formula is C9H16Cl2N2. The van der Waals surface area contributed by atoms with Crippen molar-refractivity contribution in [2.75, 3.05) is 21.1 Å². The van der Waals surface area contributed by atoms with Crippen molar-refractivity contribution in [3.8, 4) is 0 Å². The fraction of sp³-hybridized carbons (Fsp3) is 0.333. The van der Waals surface area contributed by atoms with Gasteiger partial charge in [-0.05, 0) is 0 Å². The lowest BCUT2D eigenvalue weighted by molar-refractivity contribution is -0.254. The van der Waals surface area contributed by atoms with Gasteiger partial charge in [0.15, 0.2) is 0 Å². The van der Waals surface area contributed by atoms with Gasteiger partial charge in [-0.3, -0.25) is 4.48 Å². The molecule has 1 aromatic rings. The number of quaternary nitrogens is 2. The Kier molecular flexibility index (Phi) is 6.37. The van der Waals surface area contributed by atoms with E-state index >= 15 is 0 Å². The Morgan fingerprint density at radius 2 is 1.31 bits per heavy atom. The number of rotatable bonds is 1. The first-order chi connectivity index (χ1) is 5.00. The minimum absolute atomic E-state index is 0. The van der Waals surface area contributed by atoms with Crippen LogP contribution in [0.15, 0.2) is 24.3 Å². The average molecular weight is 223 g/mol. The molecule has 0 aromatic heterocycles. The molecule has 0 saturated carbocycles. The zero-order valence-electron chi connectivity index (χ0n) is 8.22. The molecule has 0 heterocycles. The largest absolute Gasteiger partial charge is 1.00 e. The number of nitrogens with zero attached hydrogens (tertiary/aromatic N) is 1. The minimum Gasteiger partial charge on any atom is -1.00 e. The molecule has 0 aliphatic heterocycles. The number of benzene rings is 1. The van der Waals surface area contributed by atoms with E-state index in [1.807, 2.05) is 12.1 Å². The molecule has 0 amide bonds. The standard InChI is InChI=1S/C9H15N2.2ClH/c1-11(2,3)9-6-4-8(10)5-7-9;;/h4-7H,10H2,1-3H3;2*1H/q+1;;/p-1. The van der Waals surface area contributed by atoms with Gasteiger partial charge in [-0.2, -0.15) is 0 Å². The highest BCUT2D eigenvalue weighted by Crippen LogP contribution is 2.16. The molecule has 0 radical (unpaired) electrons. The summed E-state index contributed by atoms with van der Waals surface area (Å²) in [5, 5.41) is 0. The van der Waals surface area contributed by atoms with Crippen molar-refractivity contribution in [3.05, 3.63) is 24.3 Å². The second-order valence-corrected chi connectivity index (χ2v) is 3.68. The van der Waals surface area contributed by atoms with E-state index in [1.54, 1.807) is 0 Å². The van der Waals surface area contributed by atoms with Crippen molar-refractivity contribution in [1.82, 2.24) is 4.48 Å². The highest BCUT2D eigenvalue weighted by Gasteiger charge is 2.10. The van der Waals surface area contributed by atoms with E-state index in [2.05, 4.69) is 39.0 Å². The third kappa shape index (κ3) is 4.48. The second-order valence-electron chi connectivity index (χ2n) is 3.68. The lowest BCUT2D eigenvalue weighted by Gasteiger charge is -2.22. The van der Waals surface area contributed by atoms with Crippen molar-refractivity contribution >= 4 is 11.4 Å². The molecule has 0 atom stereocenters. The molecule has 3 N–H and O–H groups in total. The van der Waals surface area contributed by atoms with Gasteiger partial charge in [-0.25, -0.2) is 0 Å². The molecule has 0 unspecified atom stereocenters. The molecule has 0 aliphatic carbocycles. The Morgan fingerprint density at radius 3 is 1.62 bits per heavy atom. The van der Waals surface area contributed by atoms with E-state index in [0.717, 1.165) is 10.2 Å². The smallest absolute Gasteiger partial charge is 0.132 e. The molecule has 13 heavy (non-hydrogen) atoms. The van der Waals surface area contributed by atoms with Crippen LogP contribution in [0.5, 0.6) is 0 Å². The summed E-state index contributed by atoms with van der Waals surface area (Å²) in [4.78, 5) is 0. The monoisotopic (exact) mass is 222 g/mol. The topological polar surface area (TPSA) is 27.6 Å². The van der Waals surface area contributed by atoms with E-state index in [4.69, 9.17) is 0 Å². The van der Waals surface area contributed by atoms with Crippen LogP contribution in [0, 0.1) is 0 Å². The van der Waals surface area contributed by atoms with Crippen molar-refractivity contribution in [2.24, 2.45) is 0 Å². The average Bonchev–Trinajstić information content (AvgIpc) is 1.86. The van der Waals surface area contributed by atoms with Crippen LogP contribution >= 0.6 is 0 Å². The Balaban J connectivity index is 0. The van der Waals surface area contributed by atoms with Crippen molar-refractivity contribution in [1.29, 1.82) is 0 Å². The highest BCUT2D eigenvalue weighted by molar-refractivity contribution is 5.46. The Hall–Kier alpha value is -0.280. The molecule has 4 heteroatoms. The molecule has 76 valence electrons. The fourth-order valence-corrected chi connectivity index (χ4v) is 0.943. The molecule has 0 fully saturated rings. The molecule has 0 bridgehead atoms. The molecule has 0 saturated heterocycles. The summed E-state index contributed by atoms with van der Waals surface area (Å²) >= 11 is 0. The van der Waals surface area contributed by atoms with E-state index < -0.39 is 0 Å². The first-order valence-electron chi connectivity index (χ1n) is 3.74. The van der Waals surface area contributed by atoms with Gasteiger partial charge in [0.2, 0.25) is 0 Å². The van der Waals surface area contributed by atoms with Crippen molar-refractivity contribution in [3.63, 3.8) is 0 Å². The van der Waals surface area contributed by atoms with Crippen LogP contribution in [0.2, 0.25) is 0 Å². The lowest BCUT2D eigenvalue weighted by Crippen LogP contribution is -3.00. The van der Waals surface area contributed by atoms with Gasteiger partial charge in [-0.15, -0.1) is 0 Å². The summed E-state index contributed by atoms with van der Waals surface area (Å²) in [5.41, 5.74) is 6.21. The van der Waals surface area contributed by atoms with Gasteiger partial charge >= 0.3 is 0 Å². The molecule has 0 spiro atoms. The summed E-state index contributed by atoms with van der Waals surface area (Å²) in [5.74, 6) is 0. The first kappa shape index (κ1) is 15.2. The maximum Gasteiger partial charge on any atom is 0.132 e. The molecule has 1 aromatic carbocycles. The third-order valence-corrected chi connectivity index (χ3v) is 1.71. The Labute approximate surface area is 92.1 Å². The quantitative estimate of drug-likeness (QED) is 0.461. The summed E-state index contributed by atoms with van der Waals surface area (Å²) in [6, 6.07) is 8.31. The van der Waals surface area contributed by atoms with Crippen LogP contribution in [0.1, 0.15) is 0 Å². The maximum atomic E-state index is 3.84. The van der Waals surface area contributed by atoms with E-state index in [9.17, 15) is 0 Å². The van der Waals surface area contributed by atoms with Gasteiger partial charge in [0.25, 0.3) is 0 Å². The Bertz CT molecular complexity index is 239. The third-order valence-electron chi connectivity index (χ3n) is 1.71. The van der Waals surface area contributed by atoms with Crippen LogP contribution in [-0.4, -0.2) is 21.1 Å². The minimum atomic E-state index is 0. The molecular weight excluding hydrogens is 207 g/mol. The predicted molar refractivity (Wildman–Crippen MR) is 48.6 cm³/mol. The fourth-order valence-electron chi connectivity index (χ4n) is 0.943. The zero-order valence-corrected chi connectivity index (χ0v) is 9.73. The number of halogens is 2. The van der Waals surface area contributed by atoms with Crippen molar-refractivity contribution in [2.45, 2.75) is 0 Å². The molecule has 2 nitrogen and oxygen atoms in total. The normalized spacial score (nSPS) is 9.85. The van der Waals surface area contributed by atoms with Crippen LogP contribution in [0.25, 0.3) is 0 Å². The first-order valence-corrected chi connectivity index (χ1v) is 3.74. The summed E-state index contributed by atoms with van der Waals surface area (Å²) in [6.45, 7) is 0. The van der Waals surface area contributed by atoms with Crippen LogP contribution in [0.3, 0.4) is 0 Å². The Morgan fingerprint density at radius 1 is 0.923 bits per heavy atom. The second kappa shape index (κ2) is 5.45. The SMILES string of the molecule is C[N+](C)(C)c1ccc([NH3+])cc1.[Cl-].[Cl-]. The van der Waals surface area contributed by atoms with Gasteiger partial charge in [0.05, 0.1) is 21.1 Å². The summed E-state index contributed by atoms with van der Waals surface area (Å²) in [6.07, 6.45) is 0. The van der Waals surface area contributed by atoms with Crippen LogP contribution in [0.4, 0.5) is 11.4 Å². The summed E-state index contributed by atoms with van der Waals surface area (Å²) in [7, 11) is 6.45. The van der Waals surface area contributed by atoms with E-state index in [-0.39, 0.29) is 24.8 Å². The van der Waals surface area contributed by atoms with Gasteiger partial charge in [0, 0.05) is 24.3 Å². The van der Waals surface area contributed by atoms with Crippen LogP contribution in [-0.2, 0) is 0 Å². The highest BCUT2D eigenvalue weighted by atomic mass is 35.5. The number of hydrogen-bond acceptors (Lipinski definition) is 0. The zero-order chi connectivity index (χ0) is 8.48. The van der Waals surface area contributed by atoms with Gasteiger partial charge in [0.1, 0.15) is 11.4 Å².